The first-order chi connectivity index (χ1) is 11.4. The fourth-order valence-electron chi connectivity index (χ4n) is 2.38. The number of hydrogen-bond donors (Lipinski definition) is 0. The molecule has 0 saturated heterocycles. The third-order valence-electron chi connectivity index (χ3n) is 3.84. The molecule has 0 aliphatic rings. The molecule has 1 aromatic carbocycles. The van der Waals surface area contributed by atoms with Gasteiger partial charge in [0.05, 0.1) is 23.0 Å². The predicted octanol–water partition coefficient (Wildman–Crippen LogP) is 4.06. The maximum atomic E-state index is 13.9. The molecule has 2 heterocycles. The van der Waals surface area contributed by atoms with Crippen LogP contribution in [-0.2, 0) is 15.6 Å². The van der Waals surface area contributed by atoms with Crippen LogP contribution in [0.5, 0.6) is 0 Å². The zero-order valence-corrected chi connectivity index (χ0v) is 14.0. The lowest BCUT2D eigenvalue weighted by molar-refractivity contribution is 0.500. The van der Waals surface area contributed by atoms with Crippen LogP contribution in [0.3, 0.4) is 0 Å². The molecule has 3 rings (SSSR count). The Labute approximate surface area is 139 Å². The molecule has 0 amide bonds. The Morgan fingerprint density at radius 3 is 2.62 bits per heavy atom. The van der Waals surface area contributed by atoms with Gasteiger partial charge >= 0.3 is 0 Å². The topological polar surface area (TPSA) is 73.3 Å². The minimum absolute atomic E-state index is 0.143. The summed E-state index contributed by atoms with van der Waals surface area (Å²) >= 11 is 0. The minimum Gasteiger partial charge on any atom is -0.459 e. The van der Waals surface area contributed by atoms with Gasteiger partial charge in [0, 0.05) is 5.56 Å². The highest BCUT2D eigenvalue weighted by Gasteiger charge is 2.28. The number of aryl methyl sites for hydroxylation is 1. The second-order valence-electron chi connectivity index (χ2n) is 5.47. The van der Waals surface area contributed by atoms with Gasteiger partial charge in [0.2, 0.25) is 0 Å². The minimum atomic E-state index is -3.66. The first-order valence-electron chi connectivity index (χ1n) is 7.34. The Balaban J connectivity index is 1.89. The van der Waals surface area contributed by atoms with E-state index in [1.54, 1.807) is 25.1 Å². The number of halogens is 1. The van der Waals surface area contributed by atoms with Gasteiger partial charge < -0.3 is 8.83 Å². The van der Waals surface area contributed by atoms with Gasteiger partial charge in [-0.1, -0.05) is 18.2 Å². The molecule has 2 aromatic heterocycles. The molecule has 0 aliphatic heterocycles. The molecule has 24 heavy (non-hydrogen) atoms. The average Bonchev–Trinajstić information content (AvgIpc) is 3.17. The summed E-state index contributed by atoms with van der Waals surface area (Å²) in [6.45, 7) is 3.11. The lowest BCUT2D eigenvalue weighted by atomic mass is 10.1. The van der Waals surface area contributed by atoms with E-state index in [-0.39, 0.29) is 17.2 Å². The zero-order chi connectivity index (χ0) is 17.3. The van der Waals surface area contributed by atoms with Crippen molar-refractivity contribution in [2.24, 2.45) is 0 Å². The van der Waals surface area contributed by atoms with Crippen molar-refractivity contribution in [1.29, 1.82) is 0 Å². The molecule has 3 aromatic rings. The molecule has 0 radical (unpaired) electrons. The van der Waals surface area contributed by atoms with Crippen molar-refractivity contribution < 1.29 is 21.6 Å². The number of sulfone groups is 1. The lowest BCUT2D eigenvalue weighted by Crippen LogP contribution is -2.14. The van der Waals surface area contributed by atoms with Crippen LogP contribution in [0, 0.1) is 12.7 Å². The molecule has 0 N–H and O–H groups in total. The summed E-state index contributed by atoms with van der Waals surface area (Å²) in [6.07, 6.45) is 1.48. The van der Waals surface area contributed by atoms with Gasteiger partial charge in [-0.2, -0.15) is 0 Å². The van der Waals surface area contributed by atoms with E-state index in [9.17, 15) is 12.8 Å². The number of nitrogens with zero attached hydrogens (tertiary/aromatic N) is 1. The third-order valence-corrected chi connectivity index (χ3v) is 5.85. The van der Waals surface area contributed by atoms with Crippen molar-refractivity contribution in [3.63, 3.8) is 0 Å². The van der Waals surface area contributed by atoms with Crippen LogP contribution in [0.4, 0.5) is 4.39 Å². The second kappa shape index (κ2) is 6.24. The van der Waals surface area contributed by atoms with Crippen LogP contribution in [0.2, 0.25) is 0 Å². The van der Waals surface area contributed by atoms with Gasteiger partial charge in [-0.25, -0.2) is 17.8 Å². The molecule has 126 valence electrons. The lowest BCUT2D eigenvalue weighted by Gasteiger charge is -2.13. The van der Waals surface area contributed by atoms with Crippen LogP contribution in [-0.4, -0.2) is 13.4 Å². The summed E-state index contributed by atoms with van der Waals surface area (Å²) in [5, 5.41) is -0.984. The number of aromatic nitrogens is 1. The highest BCUT2D eigenvalue weighted by molar-refractivity contribution is 7.90. The maximum Gasteiger partial charge on any atom is 0.263 e. The summed E-state index contributed by atoms with van der Waals surface area (Å²) in [6, 6.07) is 9.21. The number of rotatable bonds is 5. The Bertz CT molecular complexity index is 945. The van der Waals surface area contributed by atoms with Crippen LogP contribution < -0.4 is 0 Å². The average molecular weight is 349 g/mol. The number of furan rings is 1. The summed E-state index contributed by atoms with van der Waals surface area (Å²) in [5.41, 5.74) is 0.439. The number of benzene rings is 1. The van der Waals surface area contributed by atoms with E-state index in [0.29, 0.717) is 17.2 Å². The summed E-state index contributed by atoms with van der Waals surface area (Å²) in [7, 11) is -3.66. The molecule has 0 fully saturated rings. The van der Waals surface area contributed by atoms with E-state index in [2.05, 4.69) is 4.98 Å². The van der Waals surface area contributed by atoms with Crippen LogP contribution in [0.1, 0.15) is 29.2 Å². The van der Waals surface area contributed by atoms with Crippen molar-refractivity contribution in [2.75, 3.05) is 0 Å². The number of hydrogen-bond acceptors (Lipinski definition) is 5. The Hall–Kier alpha value is -2.41. The largest absolute Gasteiger partial charge is 0.459 e. The van der Waals surface area contributed by atoms with Gasteiger partial charge in [-0.3, -0.25) is 0 Å². The fourth-order valence-corrected chi connectivity index (χ4v) is 3.86. The predicted molar refractivity (Wildman–Crippen MR) is 86.4 cm³/mol. The SMILES string of the molecule is Cc1oc(-c2ccco2)nc1CS(=O)(=O)C(C)c1ccccc1F. The smallest absolute Gasteiger partial charge is 0.263 e. The van der Waals surface area contributed by atoms with Crippen molar-refractivity contribution in [3.8, 4) is 11.7 Å². The zero-order valence-electron chi connectivity index (χ0n) is 13.2. The standard InChI is InChI=1S/C17H16FNO4S/c1-11-15(19-17(23-11)16-8-5-9-22-16)10-24(20,21)12(2)13-6-3-4-7-14(13)18/h3-9,12H,10H2,1-2H3. The van der Waals surface area contributed by atoms with Crippen LogP contribution >= 0.6 is 0 Å². The normalized spacial score (nSPS) is 13.1. The monoisotopic (exact) mass is 349 g/mol. The molecule has 1 unspecified atom stereocenters. The van der Waals surface area contributed by atoms with Gasteiger partial charge in [0.15, 0.2) is 15.6 Å². The van der Waals surface area contributed by atoms with E-state index >= 15 is 0 Å². The Morgan fingerprint density at radius 2 is 1.96 bits per heavy atom. The molecular formula is C17H16FNO4S. The molecule has 1 atom stereocenters. The summed E-state index contributed by atoms with van der Waals surface area (Å²) < 4.78 is 49.8. The van der Waals surface area contributed by atoms with Gasteiger partial charge in [0.25, 0.3) is 5.89 Å². The maximum absolute atomic E-state index is 13.9. The third kappa shape index (κ3) is 3.12. The van der Waals surface area contributed by atoms with Gasteiger partial charge in [-0.05, 0) is 32.0 Å². The van der Waals surface area contributed by atoms with Gasteiger partial charge in [0.1, 0.15) is 11.6 Å². The Kier molecular flexibility index (Phi) is 4.28. The van der Waals surface area contributed by atoms with E-state index in [1.807, 2.05) is 0 Å². The highest BCUT2D eigenvalue weighted by Crippen LogP contribution is 2.29. The van der Waals surface area contributed by atoms with E-state index < -0.39 is 20.9 Å². The molecule has 0 aliphatic carbocycles. The molecule has 0 bridgehead atoms. The second-order valence-corrected chi connectivity index (χ2v) is 7.79. The van der Waals surface area contributed by atoms with Crippen LogP contribution in [0.25, 0.3) is 11.7 Å². The first-order valence-corrected chi connectivity index (χ1v) is 9.06. The number of oxazole rings is 1. The van der Waals surface area contributed by atoms with Crippen molar-refractivity contribution in [3.05, 3.63) is 65.5 Å². The van der Waals surface area contributed by atoms with Gasteiger partial charge in [-0.15, -0.1) is 0 Å². The molecule has 0 spiro atoms. The fraction of sp³-hybridized carbons (Fsp3) is 0.235. The van der Waals surface area contributed by atoms with Crippen LogP contribution in [0.15, 0.2) is 51.5 Å². The quantitative estimate of drug-likeness (QED) is 0.694. The molecule has 5 nitrogen and oxygen atoms in total. The molecule has 7 heteroatoms. The van der Waals surface area contributed by atoms with E-state index in [1.165, 1.54) is 31.4 Å². The van der Waals surface area contributed by atoms with Crippen molar-refractivity contribution >= 4 is 9.84 Å². The van der Waals surface area contributed by atoms with Crippen molar-refractivity contribution in [2.45, 2.75) is 24.9 Å². The molecule has 0 saturated carbocycles. The summed E-state index contributed by atoms with van der Waals surface area (Å²) in [4.78, 5) is 4.20. The van der Waals surface area contributed by atoms with E-state index in [0.717, 1.165) is 0 Å². The van der Waals surface area contributed by atoms with E-state index in [4.69, 9.17) is 8.83 Å². The highest BCUT2D eigenvalue weighted by atomic mass is 32.2. The molecular weight excluding hydrogens is 333 g/mol. The Morgan fingerprint density at radius 1 is 1.21 bits per heavy atom. The van der Waals surface area contributed by atoms with Crippen molar-refractivity contribution in [1.82, 2.24) is 4.98 Å². The first kappa shape index (κ1) is 16.4. The summed E-state index contributed by atoms with van der Waals surface area (Å²) in [5.74, 6) is 0.163.